The number of carbonyl (C=O) groups is 1. The van der Waals surface area contributed by atoms with Gasteiger partial charge in [-0.05, 0) is 18.1 Å². The molecular formula is C15H14F3NO2. The highest BCUT2D eigenvalue weighted by Crippen LogP contribution is 2.47. The van der Waals surface area contributed by atoms with E-state index in [4.69, 9.17) is 5.73 Å². The molecule has 0 spiro atoms. The van der Waals surface area contributed by atoms with Gasteiger partial charge in [-0.15, -0.1) is 13.2 Å². The van der Waals surface area contributed by atoms with Crippen LogP contribution in [0, 0.1) is 5.92 Å². The lowest BCUT2D eigenvalue weighted by Gasteiger charge is -2.41. The molecule has 3 nitrogen and oxygen atoms in total. The minimum absolute atomic E-state index is 0.226. The molecule has 1 aromatic carbocycles. The second-order valence-corrected chi connectivity index (χ2v) is 4.76. The van der Waals surface area contributed by atoms with E-state index < -0.39 is 23.8 Å². The molecular weight excluding hydrogens is 283 g/mol. The topological polar surface area (TPSA) is 52.3 Å². The second-order valence-electron chi connectivity index (χ2n) is 4.76. The molecule has 112 valence electrons. The van der Waals surface area contributed by atoms with Crippen LogP contribution in [0.25, 0.3) is 0 Å². The molecule has 2 unspecified atom stereocenters. The van der Waals surface area contributed by atoms with E-state index in [2.05, 4.69) is 4.74 Å². The number of hydrogen-bond donors (Lipinski definition) is 1. The van der Waals surface area contributed by atoms with Gasteiger partial charge >= 0.3 is 6.36 Å². The van der Waals surface area contributed by atoms with Gasteiger partial charge in [-0.1, -0.05) is 48.6 Å². The second kappa shape index (κ2) is 5.37. The standard InChI is InChI=1S/C15H14F3NO2/c1-10-6-5-9-12(13(19)20)14(10,21-15(16,17)18)11-7-3-2-4-8-11/h2-9,12H,1H3,(H2,19,20). The van der Waals surface area contributed by atoms with Crippen LogP contribution in [0.4, 0.5) is 13.2 Å². The number of rotatable bonds is 3. The van der Waals surface area contributed by atoms with E-state index in [1.54, 1.807) is 18.2 Å². The van der Waals surface area contributed by atoms with Gasteiger partial charge in [0.1, 0.15) is 5.60 Å². The van der Waals surface area contributed by atoms with Gasteiger partial charge in [-0.2, -0.15) is 0 Å². The van der Waals surface area contributed by atoms with Gasteiger partial charge < -0.3 is 5.73 Å². The monoisotopic (exact) mass is 297 g/mol. The lowest BCUT2D eigenvalue weighted by atomic mass is 9.73. The van der Waals surface area contributed by atoms with Gasteiger partial charge in [0.15, 0.2) is 0 Å². The lowest BCUT2D eigenvalue weighted by Crippen LogP contribution is -2.48. The van der Waals surface area contributed by atoms with Crippen molar-refractivity contribution in [3.8, 4) is 0 Å². The van der Waals surface area contributed by atoms with Crippen LogP contribution in [0.1, 0.15) is 12.5 Å². The summed E-state index contributed by atoms with van der Waals surface area (Å²) in [6.07, 6.45) is -0.595. The van der Waals surface area contributed by atoms with Gasteiger partial charge in [-0.3, -0.25) is 9.53 Å². The average Bonchev–Trinajstić information content (AvgIpc) is 2.40. The molecule has 0 aromatic heterocycles. The minimum atomic E-state index is -4.91. The first-order chi connectivity index (χ1) is 9.77. The largest absolute Gasteiger partial charge is 0.523 e. The third-order valence-electron chi connectivity index (χ3n) is 3.46. The molecule has 0 fully saturated rings. The zero-order valence-corrected chi connectivity index (χ0v) is 11.2. The Balaban J connectivity index is 2.67. The van der Waals surface area contributed by atoms with Crippen molar-refractivity contribution in [3.63, 3.8) is 0 Å². The maximum absolute atomic E-state index is 13.0. The maximum atomic E-state index is 13.0. The Labute approximate surface area is 119 Å². The normalized spacial score (nSPS) is 25.5. The number of allylic oxidation sites excluding steroid dienone is 2. The van der Waals surface area contributed by atoms with Crippen LogP contribution in [0.15, 0.2) is 54.1 Å². The molecule has 2 rings (SSSR count). The Hall–Kier alpha value is -2.08. The van der Waals surface area contributed by atoms with Crippen LogP contribution in [-0.2, 0) is 15.1 Å². The third-order valence-corrected chi connectivity index (χ3v) is 3.46. The van der Waals surface area contributed by atoms with E-state index in [1.165, 1.54) is 37.3 Å². The predicted molar refractivity (Wildman–Crippen MR) is 70.8 cm³/mol. The molecule has 6 heteroatoms. The number of benzene rings is 1. The van der Waals surface area contributed by atoms with Gasteiger partial charge in [0.05, 0.1) is 5.92 Å². The van der Waals surface area contributed by atoms with E-state index in [0.717, 1.165) is 0 Å². The molecule has 0 heterocycles. The van der Waals surface area contributed by atoms with E-state index in [1.807, 2.05) is 0 Å². The molecule has 0 bridgehead atoms. The van der Waals surface area contributed by atoms with Crippen LogP contribution >= 0.6 is 0 Å². The number of amides is 1. The Kier molecular flexibility index (Phi) is 3.91. The van der Waals surface area contributed by atoms with Crippen LogP contribution in [0.3, 0.4) is 0 Å². The van der Waals surface area contributed by atoms with Gasteiger partial charge in [-0.25, -0.2) is 0 Å². The van der Waals surface area contributed by atoms with Crippen molar-refractivity contribution in [1.82, 2.24) is 0 Å². The zero-order valence-electron chi connectivity index (χ0n) is 11.2. The first-order valence-electron chi connectivity index (χ1n) is 6.24. The Morgan fingerprint density at radius 1 is 1.29 bits per heavy atom. The number of carbonyl (C=O) groups excluding carboxylic acids is 1. The quantitative estimate of drug-likeness (QED) is 0.932. The minimum Gasteiger partial charge on any atom is -0.369 e. The Bertz CT molecular complexity index is 593. The molecule has 21 heavy (non-hydrogen) atoms. The van der Waals surface area contributed by atoms with Gasteiger partial charge in [0.2, 0.25) is 5.91 Å². The molecule has 0 saturated carbocycles. The molecule has 2 atom stereocenters. The summed E-state index contributed by atoms with van der Waals surface area (Å²) in [6, 6.07) is 7.80. The van der Waals surface area contributed by atoms with E-state index in [9.17, 15) is 18.0 Å². The van der Waals surface area contributed by atoms with E-state index in [0.29, 0.717) is 0 Å². The van der Waals surface area contributed by atoms with E-state index in [-0.39, 0.29) is 11.1 Å². The first kappa shape index (κ1) is 15.3. The van der Waals surface area contributed by atoms with Crippen LogP contribution < -0.4 is 5.73 Å². The van der Waals surface area contributed by atoms with Crippen molar-refractivity contribution in [1.29, 1.82) is 0 Å². The SMILES string of the molecule is CC1=CC=CC(C(N)=O)C1(OC(F)(F)F)c1ccccc1. The van der Waals surface area contributed by atoms with Crippen molar-refractivity contribution in [3.05, 3.63) is 59.7 Å². The molecule has 1 aromatic rings. The van der Waals surface area contributed by atoms with E-state index >= 15 is 0 Å². The van der Waals surface area contributed by atoms with Crippen molar-refractivity contribution in [2.45, 2.75) is 18.9 Å². The summed E-state index contributed by atoms with van der Waals surface area (Å²) in [4.78, 5) is 11.7. The predicted octanol–water partition coefficient (Wildman–Crippen LogP) is 3.04. The van der Waals surface area contributed by atoms with Crippen molar-refractivity contribution < 1.29 is 22.7 Å². The summed E-state index contributed by atoms with van der Waals surface area (Å²) in [5, 5.41) is 0. The van der Waals surface area contributed by atoms with Gasteiger partial charge in [0, 0.05) is 0 Å². The molecule has 1 aliphatic carbocycles. The number of halogens is 3. The fourth-order valence-corrected chi connectivity index (χ4v) is 2.59. The molecule has 0 radical (unpaired) electrons. The fourth-order valence-electron chi connectivity index (χ4n) is 2.59. The molecule has 2 N–H and O–H groups in total. The molecule has 0 saturated heterocycles. The van der Waals surface area contributed by atoms with Crippen LogP contribution in [0.5, 0.6) is 0 Å². The van der Waals surface area contributed by atoms with Crippen molar-refractivity contribution >= 4 is 5.91 Å². The summed E-state index contributed by atoms with van der Waals surface area (Å²) in [7, 11) is 0. The molecule has 0 aliphatic heterocycles. The van der Waals surface area contributed by atoms with Crippen LogP contribution in [0.2, 0.25) is 0 Å². The Morgan fingerprint density at radius 2 is 1.90 bits per heavy atom. The summed E-state index contributed by atoms with van der Waals surface area (Å²) in [5.74, 6) is -2.13. The lowest BCUT2D eigenvalue weighted by molar-refractivity contribution is -0.368. The maximum Gasteiger partial charge on any atom is 0.523 e. The van der Waals surface area contributed by atoms with Crippen molar-refractivity contribution in [2.24, 2.45) is 11.7 Å². The highest BCUT2D eigenvalue weighted by Gasteiger charge is 2.53. The zero-order chi connectivity index (χ0) is 15.7. The smallest absolute Gasteiger partial charge is 0.369 e. The summed E-state index contributed by atoms with van der Waals surface area (Å²) in [6.45, 7) is 1.48. The van der Waals surface area contributed by atoms with Gasteiger partial charge in [0.25, 0.3) is 0 Å². The summed E-state index contributed by atoms with van der Waals surface area (Å²) >= 11 is 0. The summed E-state index contributed by atoms with van der Waals surface area (Å²) in [5.41, 5.74) is 3.81. The highest BCUT2D eigenvalue weighted by atomic mass is 19.4. The fraction of sp³-hybridized carbons (Fsp3) is 0.267. The summed E-state index contributed by atoms with van der Waals surface area (Å²) < 4.78 is 43.3. The molecule has 1 amide bonds. The highest BCUT2D eigenvalue weighted by molar-refractivity contribution is 5.81. The molecule has 1 aliphatic rings. The van der Waals surface area contributed by atoms with Crippen molar-refractivity contribution in [2.75, 3.05) is 0 Å². The average molecular weight is 297 g/mol. The first-order valence-corrected chi connectivity index (χ1v) is 6.24. The van der Waals surface area contributed by atoms with Crippen LogP contribution in [-0.4, -0.2) is 12.3 Å². The number of hydrogen-bond acceptors (Lipinski definition) is 2. The number of nitrogens with two attached hydrogens (primary N) is 1. The number of ether oxygens (including phenoxy) is 1. The number of primary amides is 1. The Morgan fingerprint density at radius 3 is 2.43 bits per heavy atom. The third kappa shape index (κ3) is 2.85. The number of alkyl halides is 3.